The summed E-state index contributed by atoms with van der Waals surface area (Å²) in [7, 11) is 1.74. The first-order chi connectivity index (χ1) is 38.4. The van der Waals surface area contributed by atoms with Crippen molar-refractivity contribution in [2.24, 2.45) is 16.7 Å². The number of carbonyl (C=O) groups excluding carboxylic acids is 4. The molecule has 7 aliphatic heterocycles. The highest BCUT2D eigenvalue weighted by Gasteiger charge is 2.50. The minimum atomic E-state index is -0.926. The van der Waals surface area contributed by atoms with Gasteiger partial charge in [0.2, 0.25) is 5.91 Å². The minimum absolute atomic E-state index is 0.126. The minimum Gasteiger partial charge on any atom is -0.464 e. The van der Waals surface area contributed by atoms with Crippen LogP contribution in [-0.2, 0) is 51.0 Å². The number of aryl methyl sites for hydroxylation is 1. The zero-order chi connectivity index (χ0) is 56.1. The molecule has 11 rings (SSSR count). The van der Waals surface area contributed by atoms with Gasteiger partial charge >= 0.3 is 12.1 Å². The monoisotopic (exact) mass is 1110 g/mol. The smallest absolute Gasteiger partial charge is 0.410 e. The average Bonchev–Trinajstić information content (AvgIpc) is 4.12. The summed E-state index contributed by atoms with van der Waals surface area (Å²) in [5.74, 6) is -0.680. The number of benzene rings is 1. The molecule has 19 heteroatoms. The summed E-state index contributed by atoms with van der Waals surface area (Å²) < 4.78 is 33.1. The van der Waals surface area contributed by atoms with Crippen LogP contribution in [0.5, 0.6) is 0 Å². The van der Waals surface area contributed by atoms with Crippen LogP contribution in [-0.4, -0.2) is 195 Å². The van der Waals surface area contributed by atoms with Crippen LogP contribution in [0.1, 0.15) is 124 Å². The molecule has 7 atom stereocenters. The molecule has 1 saturated carbocycles. The van der Waals surface area contributed by atoms with E-state index >= 15 is 9.59 Å². The molecule has 0 unspecified atom stereocenters. The Kier molecular flexibility index (Phi) is 16.5. The maximum absolute atomic E-state index is 15.3. The van der Waals surface area contributed by atoms with Gasteiger partial charge in [0, 0.05) is 119 Å². The number of hydrogen-bond donors (Lipinski definition) is 2. The number of piperazine rings is 1. The van der Waals surface area contributed by atoms with E-state index in [1.54, 1.807) is 12.1 Å². The van der Waals surface area contributed by atoms with Crippen LogP contribution in [0.2, 0.25) is 0 Å². The van der Waals surface area contributed by atoms with Gasteiger partial charge in [-0.3, -0.25) is 34.2 Å². The lowest BCUT2D eigenvalue weighted by molar-refractivity contribution is -0.156. The number of rotatable bonds is 9. The molecule has 2 N–H and O–H groups in total. The molecule has 8 aliphatic rings. The van der Waals surface area contributed by atoms with Crippen LogP contribution in [0.4, 0.5) is 16.2 Å². The number of aromatic nitrogens is 2. The number of esters is 1. The lowest BCUT2D eigenvalue weighted by atomic mass is 9.84. The van der Waals surface area contributed by atoms with Gasteiger partial charge in [-0.15, -0.1) is 0 Å². The zero-order valence-corrected chi connectivity index (χ0v) is 49.1. The molecule has 0 radical (unpaired) electrons. The Morgan fingerprint density at radius 1 is 0.925 bits per heavy atom. The number of nitrogens with one attached hydrogen (secondary N) is 2. The fraction of sp³-hybridized carbons (Fsp3) is 0.721. The SMILES string of the molecule is CCn1c(-c2cc(N3CCN4CCOC[C@@H]4C3)cnc2[C@H](C)OC)c2c3cc(ccc31)N1CCO[C@@H](C[C@H](NC(=O)[C@H](C3CCCC3)N3CC[C@]4(CCN(C(=O)OC(C)(C)C)C4)C3)C(=O)N3CCC[C@H](N3)C(=O)OCC(C)(C)C2)C1. The molecule has 3 aromatic rings. The zero-order valence-electron chi connectivity index (χ0n) is 49.1. The Labute approximate surface area is 473 Å². The maximum atomic E-state index is 15.3. The second-order valence-corrected chi connectivity index (χ2v) is 26.3. The lowest BCUT2D eigenvalue weighted by Gasteiger charge is -2.44. The number of fused-ring (bicyclic) bond motifs is 7. The van der Waals surface area contributed by atoms with Crippen molar-refractivity contribution in [2.45, 2.75) is 161 Å². The number of methoxy groups -OCH3 is 1. The predicted octanol–water partition coefficient (Wildman–Crippen LogP) is 6.54. The standard InChI is InChI=1S/C61H90N10O9/c1-9-70-51-17-16-42-29-46(51)48(54(70)47-30-43(33-62-52(47)40(2)76-8)66-24-23-65-25-27-77-36-44(65)34-66)32-60(6,7)39-79-57(74)49-15-12-20-71(64-49)56(73)50(31-45-35-67(42)26-28-78-45)63-55(72)53(41-13-10-11-14-41)68-21-18-61(37-68)19-22-69(38-61)58(75)80-59(3,4)5/h16-17,29-30,33,40-41,44-45,49-50,53,64H,9-15,18-28,31-32,34-39H2,1-8H3,(H,63,72)/t40-,44-,45-,49-,50-,53-,61-/m0/s1. The Morgan fingerprint density at radius 2 is 1.73 bits per heavy atom. The molecule has 1 aliphatic carbocycles. The van der Waals surface area contributed by atoms with Crippen LogP contribution in [0.3, 0.4) is 0 Å². The average molecular weight is 1110 g/mol. The van der Waals surface area contributed by atoms with Crippen molar-refractivity contribution >= 4 is 46.2 Å². The van der Waals surface area contributed by atoms with Gasteiger partial charge in [-0.25, -0.2) is 10.2 Å². The number of carbonyl (C=O) groups is 4. The van der Waals surface area contributed by atoms with Crippen molar-refractivity contribution in [1.29, 1.82) is 0 Å². The number of nitrogens with zero attached hydrogens (tertiary/aromatic N) is 8. The molecule has 1 spiro atoms. The quantitative estimate of drug-likeness (QED) is 0.221. The topological polar surface area (TPSA) is 176 Å². The van der Waals surface area contributed by atoms with E-state index in [1.165, 1.54) is 0 Å². The molecule has 6 bridgehead atoms. The number of morpholine rings is 2. The van der Waals surface area contributed by atoms with Crippen LogP contribution in [0.25, 0.3) is 22.2 Å². The molecule has 7 fully saturated rings. The number of hydrazine groups is 1. The third-order valence-corrected chi connectivity index (χ3v) is 18.8. The number of cyclic esters (lactones) is 1. The van der Waals surface area contributed by atoms with E-state index in [2.05, 4.69) is 86.9 Å². The summed E-state index contributed by atoms with van der Waals surface area (Å²) in [5.41, 5.74) is 9.45. The van der Waals surface area contributed by atoms with Crippen LogP contribution in [0.15, 0.2) is 30.5 Å². The van der Waals surface area contributed by atoms with E-state index in [0.717, 1.165) is 129 Å². The first kappa shape index (κ1) is 56.8. The summed E-state index contributed by atoms with van der Waals surface area (Å²) in [6.45, 7) is 25.0. The molecule has 2 aromatic heterocycles. The van der Waals surface area contributed by atoms with Gasteiger partial charge < -0.3 is 48.3 Å². The second-order valence-electron chi connectivity index (χ2n) is 26.3. The number of amides is 3. The van der Waals surface area contributed by atoms with E-state index in [4.69, 9.17) is 28.7 Å². The van der Waals surface area contributed by atoms with Crippen molar-refractivity contribution in [3.8, 4) is 11.3 Å². The summed E-state index contributed by atoms with van der Waals surface area (Å²) in [5, 5.41) is 6.05. The molecular formula is C61H90N10O9. The van der Waals surface area contributed by atoms with Gasteiger partial charge in [0.05, 0.1) is 74.0 Å². The maximum Gasteiger partial charge on any atom is 0.410 e. The van der Waals surface area contributed by atoms with Crippen molar-refractivity contribution in [3.63, 3.8) is 0 Å². The van der Waals surface area contributed by atoms with Gasteiger partial charge in [-0.1, -0.05) is 26.7 Å². The Bertz CT molecular complexity index is 2760. The van der Waals surface area contributed by atoms with Crippen molar-refractivity contribution in [1.82, 2.24) is 40.0 Å². The van der Waals surface area contributed by atoms with Crippen molar-refractivity contribution in [3.05, 3.63) is 41.7 Å². The van der Waals surface area contributed by atoms with E-state index in [0.29, 0.717) is 77.7 Å². The van der Waals surface area contributed by atoms with Gasteiger partial charge in [0.1, 0.15) is 17.7 Å². The van der Waals surface area contributed by atoms with Crippen molar-refractivity contribution < 1.29 is 42.9 Å². The van der Waals surface area contributed by atoms with Gasteiger partial charge in [-0.05, 0) is 122 Å². The highest BCUT2D eigenvalue weighted by Crippen LogP contribution is 2.45. The first-order valence-electron chi connectivity index (χ1n) is 30.3. The summed E-state index contributed by atoms with van der Waals surface area (Å²) in [6, 6.07) is 7.34. The van der Waals surface area contributed by atoms with Gasteiger partial charge in [-0.2, -0.15) is 0 Å². The Hall–Kier alpha value is -5.05. The van der Waals surface area contributed by atoms with Crippen LogP contribution < -0.4 is 20.5 Å². The summed E-state index contributed by atoms with van der Waals surface area (Å²) >= 11 is 0. The second kappa shape index (κ2) is 23.3. The number of ether oxygens (including phenoxy) is 5. The highest BCUT2D eigenvalue weighted by atomic mass is 16.6. The highest BCUT2D eigenvalue weighted by molar-refractivity contribution is 5.95. The number of anilines is 2. The molecule has 6 saturated heterocycles. The Balaban J connectivity index is 0.920. The molecular weight excluding hydrogens is 1020 g/mol. The molecule has 3 amide bonds. The lowest BCUT2D eigenvalue weighted by Crippen LogP contribution is -2.62. The molecule has 1 aromatic carbocycles. The van der Waals surface area contributed by atoms with E-state index < -0.39 is 41.2 Å². The third-order valence-electron chi connectivity index (χ3n) is 18.8. The van der Waals surface area contributed by atoms with Gasteiger partial charge in [0.25, 0.3) is 5.91 Å². The molecule has 19 nitrogen and oxygen atoms in total. The fourth-order valence-corrected chi connectivity index (χ4v) is 14.6. The molecule has 80 heavy (non-hydrogen) atoms. The Morgan fingerprint density at radius 3 is 2.51 bits per heavy atom. The van der Waals surface area contributed by atoms with E-state index in [9.17, 15) is 9.59 Å². The molecule has 438 valence electrons. The predicted molar refractivity (Wildman–Crippen MR) is 306 cm³/mol. The largest absolute Gasteiger partial charge is 0.464 e. The normalized spacial score (nSPS) is 28.2. The summed E-state index contributed by atoms with van der Waals surface area (Å²) in [6.07, 6.45) is 8.76. The fourth-order valence-electron chi connectivity index (χ4n) is 14.6. The molecule has 9 heterocycles. The van der Waals surface area contributed by atoms with Crippen LogP contribution in [0, 0.1) is 16.7 Å². The number of likely N-dealkylation sites (tertiary alicyclic amines) is 2. The first-order valence-corrected chi connectivity index (χ1v) is 30.3. The van der Waals surface area contributed by atoms with Crippen molar-refractivity contribution in [2.75, 3.05) is 115 Å². The van der Waals surface area contributed by atoms with E-state index in [-0.39, 0.29) is 48.4 Å². The van der Waals surface area contributed by atoms with E-state index in [1.807, 2.05) is 31.9 Å². The van der Waals surface area contributed by atoms with Crippen LogP contribution >= 0.6 is 0 Å². The third kappa shape index (κ3) is 11.9. The number of hydrogen-bond acceptors (Lipinski definition) is 15. The number of pyridine rings is 1. The summed E-state index contributed by atoms with van der Waals surface area (Å²) in [4.78, 5) is 74.8. The van der Waals surface area contributed by atoms with Gasteiger partial charge in [0.15, 0.2) is 0 Å².